The quantitative estimate of drug-likeness (QED) is 0.873. The maximum absolute atomic E-state index is 9.69. The monoisotopic (exact) mass is 234 g/mol. The van der Waals surface area contributed by atoms with Crippen molar-refractivity contribution in [1.29, 1.82) is 0 Å². The van der Waals surface area contributed by atoms with E-state index in [1.165, 1.54) is 18.5 Å². The zero-order valence-corrected chi connectivity index (χ0v) is 10.8. The zero-order valence-electron chi connectivity index (χ0n) is 10.8. The van der Waals surface area contributed by atoms with Crippen LogP contribution in [0, 0.1) is 5.92 Å². The van der Waals surface area contributed by atoms with Crippen molar-refractivity contribution in [2.45, 2.75) is 39.2 Å². The molecule has 17 heavy (non-hydrogen) atoms. The van der Waals surface area contributed by atoms with E-state index in [2.05, 4.69) is 22.9 Å². The minimum Gasteiger partial charge on any atom is -0.387 e. The van der Waals surface area contributed by atoms with E-state index in [9.17, 15) is 5.11 Å². The van der Waals surface area contributed by atoms with Gasteiger partial charge in [-0.05, 0) is 37.3 Å². The number of piperidine rings is 1. The summed E-state index contributed by atoms with van der Waals surface area (Å²) in [6, 6.07) is 4.03. The summed E-state index contributed by atoms with van der Waals surface area (Å²) in [5, 5.41) is 9.69. The van der Waals surface area contributed by atoms with Crippen LogP contribution in [0.5, 0.6) is 0 Å². The number of aliphatic hydroxyl groups is 1. The first-order chi connectivity index (χ1) is 8.20. The summed E-state index contributed by atoms with van der Waals surface area (Å²) in [6.45, 7) is 6.53. The van der Waals surface area contributed by atoms with Crippen molar-refractivity contribution < 1.29 is 5.11 Å². The van der Waals surface area contributed by atoms with E-state index in [0.717, 1.165) is 24.7 Å². The van der Waals surface area contributed by atoms with Crippen molar-refractivity contribution in [1.82, 2.24) is 4.98 Å². The first kappa shape index (κ1) is 12.4. The van der Waals surface area contributed by atoms with Crippen LogP contribution in [0.1, 0.15) is 44.9 Å². The average Bonchev–Trinajstić information content (AvgIpc) is 2.39. The van der Waals surface area contributed by atoms with Gasteiger partial charge in [0.25, 0.3) is 0 Å². The van der Waals surface area contributed by atoms with Crippen molar-refractivity contribution in [2.75, 3.05) is 18.0 Å². The SMILES string of the molecule is CC[C@@H](O)c1ccc(N2CCC(C)CC2)cn1. The normalized spacial score (nSPS) is 19.4. The maximum Gasteiger partial charge on any atom is 0.0957 e. The Kier molecular flexibility index (Phi) is 4.00. The molecule has 1 saturated heterocycles. The number of anilines is 1. The van der Waals surface area contributed by atoms with Gasteiger partial charge in [-0.1, -0.05) is 13.8 Å². The van der Waals surface area contributed by atoms with Gasteiger partial charge in [0, 0.05) is 13.1 Å². The molecule has 3 heteroatoms. The minimum absolute atomic E-state index is 0.426. The zero-order chi connectivity index (χ0) is 12.3. The van der Waals surface area contributed by atoms with Crippen molar-refractivity contribution in [3.63, 3.8) is 0 Å². The lowest BCUT2D eigenvalue weighted by Crippen LogP contribution is -2.32. The van der Waals surface area contributed by atoms with Gasteiger partial charge in [0.15, 0.2) is 0 Å². The van der Waals surface area contributed by atoms with Crippen LogP contribution < -0.4 is 4.90 Å². The number of rotatable bonds is 3. The van der Waals surface area contributed by atoms with Crippen molar-refractivity contribution in [3.05, 3.63) is 24.0 Å². The molecule has 1 aromatic heterocycles. The van der Waals surface area contributed by atoms with Crippen LogP contribution in [0.15, 0.2) is 18.3 Å². The van der Waals surface area contributed by atoms with E-state index in [4.69, 9.17) is 0 Å². The summed E-state index contributed by atoms with van der Waals surface area (Å²) in [7, 11) is 0. The second-order valence-electron chi connectivity index (χ2n) is 5.03. The van der Waals surface area contributed by atoms with Crippen LogP contribution in [0.2, 0.25) is 0 Å². The molecule has 1 aliphatic rings. The van der Waals surface area contributed by atoms with Gasteiger partial charge in [-0.25, -0.2) is 0 Å². The molecule has 1 fully saturated rings. The molecule has 0 bridgehead atoms. The summed E-state index contributed by atoms with van der Waals surface area (Å²) in [5.41, 5.74) is 1.96. The first-order valence-electron chi connectivity index (χ1n) is 6.59. The van der Waals surface area contributed by atoms with E-state index in [1.807, 2.05) is 19.2 Å². The lowest BCUT2D eigenvalue weighted by Gasteiger charge is -2.32. The smallest absolute Gasteiger partial charge is 0.0957 e. The molecule has 2 rings (SSSR count). The molecule has 1 atom stereocenters. The average molecular weight is 234 g/mol. The van der Waals surface area contributed by atoms with E-state index in [-0.39, 0.29) is 0 Å². The van der Waals surface area contributed by atoms with Crippen LogP contribution in [0.25, 0.3) is 0 Å². The third-order valence-corrected chi connectivity index (χ3v) is 3.65. The number of hydrogen-bond donors (Lipinski definition) is 1. The van der Waals surface area contributed by atoms with E-state index in [1.54, 1.807) is 0 Å². The highest BCUT2D eigenvalue weighted by Crippen LogP contribution is 2.23. The molecular weight excluding hydrogens is 212 g/mol. The van der Waals surface area contributed by atoms with Crippen LogP contribution in [0.3, 0.4) is 0 Å². The van der Waals surface area contributed by atoms with Gasteiger partial charge >= 0.3 is 0 Å². The molecule has 1 aliphatic heterocycles. The Morgan fingerprint density at radius 3 is 2.65 bits per heavy atom. The molecule has 0 aromatic carbocycles. The van der Waals surface area contributed by atoms with E-state index >= 15 is 0 Å². The Bertz CT molecular complexity index is 342. The maximum atomic E-state index is 9.69. The van der Waals surface area contributed by atoms with Crippen LogP contribution >= 0.6 is 0 Å². The van der Waals surface area contributed by atoms with E-state index < -0.39 is 6.10 Å². The van der Waals surface area contributed by atoms with Gasteiger partial charge in [-0.3, -0.25) is 4.98 Å². The van der Waals surface area contributed by atoms with Gasteiger partial charge in [-0.2, -0.15) is 0 Å². The van der Waals surface area contributed by atoms with Crippen LogP contribution in [-0.2, 0) is 0 Å². The molecule has 0 saturated carbocycles. The fourth-order valence-corrected chi connectivity index (χ4v) is 2.26. The number of nitrogens with zero attached hydrogens (tertiary/aromatic N) is 2. The number of hydrogen-bond acceptors (Lipinski definition) is 3. The Hall–Kier alpha value is -1.09. The predicted molar refractivity (Wildman–Crippen MR) is 70.1 cm³/mol. The third-order valence-electron chi connectivity index (χ3n) is 3.65. The third kappa shape index (κ3) is 2.97. The van der Waals surface area contributed by atoms with Crippen LogP contribution in [0.4, 0.5) is 5.69 Å². The molecule has 1 N–H and O–H groups in total. The first-order valence-corrected chi connectivity index (χ1v) is 6.59. The largest absolute Gasteiger partial charge is 0.387 e. The summed E-state index contributed by atoms with van der Waals surface area (Å²) >= 11 is 0. The molecule has 0 aliphatic carbocycles. The standard InChI is InChI=1S/C14H22N2O/c1-3-14(17)13-5-4-12(10-15-13)16-8-6-11(2)7-9-16/h4-5,10-11,14,17H,3,6-9H2,1-2H3/t14-/m1/s1. The highest BCUT2D eigenvalue weighted by Gasteiger charge is 2.16. The van der Waals surface area contributed by atoms with Gasteiger partial charge in [0.2, 0.25) is 0 Å². The van der Waals surface area contributed by atoms with Gasteiger partial charge < -0.3 is 10.0 Å². The molecule has 0 amide bonds. The molecule has 0 spiro atoms. The molecular formula is C14H22N2O. The summed E-state index contributed by atoms with van der Waals surface area (Å²) in [6.07, 6.45) is 4.71. The van der Waals surface area contributed by atoms with Crippen molar-refractivity contribution >= 4 is 5.69 Å². The minimum atomic E-state index is -0.426. The predicted octanol–water partition coefficient (Wildman–Crippen LogP) is 2.76. The van der Waals surface area contributed by atoms with Gasteiger partial charge in [-0.15, -0.1) is 0 Å². The van der Waals surface area contributed by atoms with Gasteiger partial charge in [0.1, 0.15) is 0 Å². The second kappa shape index (κ2) is 5.50. The fourth-order valence-electron chi connectivity index (χ4n) is 2.26. The summed E-state index contributed by atoms with van der Waals surface area (Å²) in [4.78, 5) is 6.74. The van der Waals surface area contributed by atoms with Crippen molar-refractivity contribution in [3.8, 4) is 0 Å². The Morgan fingerprint density at radius 1 is 1.41 bits per heavy atom. The molecule has 2 heterocycles. The highest BCUT2D eigenvalue weighted by molar-refractivity contribution is 5.45. The Labute approximate surface area is 103 Å². The summed E-state index contributed by atoms with van der Waals surface area (Å²) in [5.74, 6) is 0.848. The number of aromatic nitrogens is 1. The van der Waals surface area contributed by atoms with Gasteiger partial charge in [0.05, 0.1) is 23.7 Å². The number of aliphatic hydroxyl groups excluding tert-OH is 1. The second-order valence-corrected chi connectivity index (χ2v) is 5.03. The highest BCUT2D eigenvalue weighted by atomic mass is 16.3. The molecule has 3 nitrogen and oxygen atoms in total. The molecule has 1 aromatic rings. The number of pyridine rings is 1. The lowest BCUT2D eigenvalue weighted by atomic mass is 9.99. The van der Waals surface area contributed by atoms with E-state index in [0.29, 0.717) is 6.42 Å². The Balaban J connectivity index is 2.02. The topological polar surface area (TPSA) is 36.4 Å². The van der Waals surface area contributed by atoms with Crippen LogP contribution in [-0.4, -0.2) is 23.2 Å². The molecule has 0 unspecified atom stereocenters. The molecule has 94 valence electrons. The van der Waals surface area contributed by atoms with Crippen molar-refractivity contribution in [2.24, 2.45) is 5.92 Å². The lowest BCUT2D eigenvalue weighted by molar-refractivity contribution is 0.169. The fraction of sp³-hybridized carbons (Fsp3) is 0.643. The Morgan fingerprint density at radius 2 is 2.12 bits per heavy atom. The molecule has 0 radical (unpaired) electrons. The summed E-state index contributed by atoms with van der Waals surface area (Å²) < 4.78 is 0.